The quantitative estimate of drug-likeness (QED) is 0.217. The second-order valence-electron chi connectivity index (χ2n) is 8.89. The normalized spacial score (nSPS) is 14.8. The Labute approximate surface area is 209 Å². The molecule has 0 unspecified atom stereocenters. The van der Waals surface area contributed by atoms with Crippen LogP contribution in [0.5, 0.6) is 5.75 Å². The van der Waals surface area contributed by atoms with Crippen LogP contribution in [0.25, 0.3) is 10.8 Å². The summed E-state index contributed by atoms with van der Waals surface area (Å²) >= 11 is 0. The molecule has 5 nitrogen and oxygen atoms in total. The molecule has 0 amide bonds. The molecule has 0 aromatic heterocycles. The molecule has 0 fully saturated rings. The Morgan fingerprint density at radius 3 is 2.58 bits per heavy atom. The number of alkyl halides is 3. The second-order valence-corrected chi connectivity index (χ2v) is 10.4. The molecule has 1 heterocycles. The highest BCUT2D eigenvalue weighted by Crippen LogP contribution is 2.29. The van der Waals surface area contributed by atoms with Crippen molar-refractivity contribution in [3.8, 4) is 5.75 Å². The fraction of sp³-hybridized carbons (Fsp3) is 0.333. The predicted octanol–water partition coefficient (Wildman–Crippen LogP) is 5.55. The summed E-state index contributed by atoms with van der Waals surface area (Å²) in [5.74, 6) is -0.312. The molecule has 36 heavy (non-hydrogen) atoms. The van der Waals surface area contributed by atoms with Crippen LogP contribution < -0.4 is 9.50 Å². The van der Waals surface area contributed by atoms with Crippen molar-refractivity contribution in [2.24, 2.45) is 0 Å². The first-order valence-electron chi connectivity index (χ1n) is 11.9. The third-order valence-corrected chi connectivity index (χ3v) is 7.19. The number of halogens is 3. The smallest absolute Gasteiger partial charge is 0.391 e. The van der Waals surface area contributed by atoms with Gasteiger partial charge in [0.15, 0.2) is 0 Å². The molecule has 3 aromatic carbocycles. The molecular weight excluding hydrogens is 489 g/mol. The van der Waals surface area contributed by atoms with Gasteiger partial charge >= 0.3 is 15.6 Å². The van der Waals surface area contributed by atoms with Crippen molar-refractivity contribution in [3.63, 3.8) is 0 Å². The minimum absolute atomic E-state index is 0.312. The summed E-state index contributed by atoms with van der Waals surface area (Å²) in [7, 11) is -5.67. The zero-order valence-electron chi connectivity index (χ0n) is 19.8. The first-order valence-corrected chi connectivity index (χ1v) is 13.3. The molecule has 0 spiro atoms. The Morgan fingerprint density at radius 2 is 1.78 bits per heavy atom. The molecule has 0 atom stereocenters. The Bertz CT molecular complexity index is 1320. The largest absolute Gasteiger partial charge is 0.534 e. The maximum atomic E-state index is 12.6. The van der Waals surface area contributed by atoms with E-state index in [1.807, 2.05) is 18.3 Å². The van der Waals surface area contributed by atoms with Gasteiger partial charge in [0.1, 0.15) is 5.75 Å². The van der Waals surface area contributed by atoms with Gasteiger partial charge in [0.2, 0.25) is 0 Å². The van der Waals surface area contributed by atoms with Gasteiger partial charge < -0.3 is 9.50 Å². The standard InChI is InChI=1S/C27H29F3N2O3S/c28-27(29,30)36(33,34)35-26-12-11-23-13-17-32(20-25(23)19-26)16-4-3-14-31-15-5-6-21-9-10-22-7-1-2-8-24(22)18-21/h1-2,5,7-12,15,18-19,31H,3-4,6,13-14,16-17,20H2. The van der Waals surface area contributed by atoms with E-state index in [0.29, 0.717) is 6.54 Å². The van der Waals surface area contributed by atoms with E-state index >= 15 is 0 Å². The molecular formula is C27H29F3N2O3S. The monoisotopic (exact) mass is 518 g/mol. The molecule has 1 N–H and O–H groups in total. The molecule has 3 aromatic rings. The van der Waals surface area contributed by atoms with Crippen LogP contribution in [-0.4, -0.2) is 38.5 Å². The molecule has 0 radical (unpaired) electrons. The topological polar surface area (TPSA) is 58.6 Å². The van der Waals surface area contributed by atoms with Crippen LogP contribution in [0.15, 0.2) is 72.9 Å². The summed E-state index contributed by atoms with van der Waals surface area (Å²) in [5, 5.41) is 5.81. The summed E-state index contributed by atoms with van der Waals surface area (Å²) in [6.45, 7) is 3.12. The van der Waals surface area contributed by atoms with Crippen LogP contribution in [0.1, 0.15) is 29.5 Å². The number of nitrogens with one attached hydrogen (secondary N) is 1. The van der Waals surface area contributed by atoms with E-state index in [2.05, 4.69) is 50.8 Å². The summed E-state index contributed by atoms with van der Waals surface area (Å²) in [6.07, 6.45) is 7.68. The minimum Gasteiger partial charge on any atom is -0.391 e. The van der Waals surface area contributed by atoms with Gasteiger partial charge in [-0.05, 0) is 78.0 Å². The Hall–Kier alpha value is -3.04. The van der Waals surface area contributed by atoms with Crippen LogP contribution in [0.3, 0.4) is 0 Å². The van der Waals surface area contributed by atoms with Crippen molar-refractivity contribution >= 4 is 20.9 Å². The van der Waals surface area contributed by atoms with Crippen molar-refractivity contribution in [2.75, 3.05) is 19.6 Å². The molecule has 0 aliphatic carbocycles. The first-order chi connectivity index (χ1) is 17.2. The zero-order valence-corrected chi connectivity index (χ0v) is 20.6. The van der Waals surface area contributed by atoms with Gasteiger partial charge in [0, 0.05) is 19.6 Å². The van der Waals surface area contributed by atoms with E-state index in [1.165, 1.54) is 28.5 Å². The molecule has 0 bridgehead atoms. The van der Waals surface area contributed by atoms with Crippen molar-refractivity contribution in [2.45, 2.75) is 37.7 Å². The van der Waals surface area contributed by atoms with E-state index in [9.17, 15) is 21.6 Å². The summed E-state index contributed by atoms with van der Waals surface area (Å²) in [4.78, 5) is 2.22. The van der Waals surface area contributed by atoms with Gasteiger partial charge in [-0.3, -0.25) is 4.90 Å². The SMILES string of the molecule is O=S(=O)(Oc1ccc2c(c1)CN(CCCCNC=CCc1ccc3ccccc3c1)CC2)C(F)(F)F. The highest BCUT2D eigenvalue weighted by Gasteiger charge is 2.48. The van der Waals surface area contributed by atoms with Crippen molar-refractivity contribution in [1.82, 2.24) is 10.2 Å². The van der Waals surface area contributed by atoms with Gasteiger partial charge in [-0.2, -0.15) is 21.6 Å². The van der Waals surface area contributed by atoms with Crippen LogP contribution in [0.4, 0.5) is 13.2 Å². The number of rotatable bonds is 10. The average molecular weight is 519 g/mol. The minimum atomic E-state index is -5.67. The fourth-order valence-electron chi connectivity index (χ4n) is 4.30. The van der Waals surface area contributed by atoms with Gasteiger partial charge in [-0.15, -0.1) is 0 Å². The van der Waals surface area contributed by atoms with E-state index in [4.69, 9.17) is 0 Å². The van der Waals surface area contributed by atoms with Gasteiger partial charge in [0.05, 0.1) is 0 Å². The molecule has 1 aliphatic heterocycles. The lowest BCUT2D eigenvalue weighted by Gasteiger charge is -2.29. The number of allylic oxidation sites excluding steroid dienone is 1. The number of nitrogens with zero attached hydrogens (tertiary/aromatic N) is 1. The van der Waals surface area contributed by atoms with Gasteiger partial charge in [-0.25, -0.2) is 0 Å². The lowest BCUT2D eigenvalue weighted by molar-refractivity contribution is -0.0500. The average Bonchev–Trinajstić information content (AvgIpc) is 2.84. The third-order valence-electron chi connectivity index (χ3n) is 6.21. The summed E-state index contributed by atoms with van der Waals surface area (Å²) in [5.41, 5.74) is -2.39. The van der Waals surface area contributed by atoms with Crippen LogP contribution in [0.2, 0.25) is 0 Å². The third kappa shape index (κ3) is 6.79. The fourth-order valence-corrected chi connectivity index (χ4v) is 4.75. The maximum Gasteiger partial charge on any atom is 0.534 e. The zero-order chi connectivity index (χ0) is 25.6. The highest BCUT2D eigenvalue weighted by atomic mass is 32.2. The number of unbranched alkanes of at least 4 members (excludes halogenated alkanes) is 1. The number of hydrogen-bond donors (Lipinski definition) is 1. The Balaban J connectivity index is 1.17. The van der Waals surface area contributed by atoms with Crippen LogP contribution in [-0.2, 0) is 29.5 Å². The summed E-state index contributed by atoms with van der Waals surface area (Å²) < 4.78 is 64.6. The Morgan fingerprint density at radius 1 is 0.972 bits per heavy atom. The number of fused-ring (bicyclic) bond motifs is 2. The van der Waals surface area contributed by atoms with Crippen LogP contribution >= 0.6 is 0 Å². The van der Waals surface area contributed by atoms with Crippen LogP contribution in [0, 0.1) is 0 Å². The van der Waals surface area contributed by atoms with E-state index in [-0.39, 0.29) is 5.75 Å². The van der Waals surface area contributed by atoms with Crippen molar-refractivity contribution in [1.29, 1.82) is 0 Å². The summed E-state index contributed by atoms with van der Waals surface area (Å²) in [6, 6.07) is 19.1. The number of benzene rings is 3. The lowest BCUT2D eigenvalue weighted by atomic mass is 9.99. The molecule has 9 heteroatoms. The van der Waals surface area contributed by atoms with E-state index < -0.39 is 15.6 Å². The number of hydrogen-bond acceptors (Lipinski definition) is 5. The van der Waals surface area contributed by atoms with Gasteiger partial charge in [-0.1, -0.05) is 54.6 Å². The Kier molecular flexibility index (Phi) is 8.21. The molecule has 1 aliphatic rings. The molecule has 4 rings (SSSR count). The predicted molar refractivity (Wildman–Crippen MR) is 135 cm³/mol. The van der Waals surface area contributed by atoms with Crippen molar-refractivity contribution in [3.05, 3.63) is 89.6 Å². The van der Waals surface area contributed by atoms with E-state index in [0.717, 1.165) is 56.4 Å². The maximum absolute atomic E-state index is 12.6. The molecule has 192 valence electrons. The lowest BCUT2D eigenvalue weighted by Crippen LogP contribution is -2.32. The highest BCUT2D eigenvalue weighted by molar-refractivity contribution is 7.88. The second kappa shape index (κ2) is 11.3. The van der Waals surface area contributed by atoms with Gasteiger partial charge in [0.25, 0.3) is 0 Å². The molecule has 0 saturated carbocycles. The molecule has 0 saturated heterocycles. The first kappa shape index (κ1) is 26.0. The van der Waals surface area contributed by atoms with Crippen molar-refractivity contribution < 1.29 is 25.8 Å². The van der Waals surface area contributed by atoms with E-state index in [1.54, 1.807) is 6.07 Å².